The van der Waals surface area contributed by atoms with Crippen molar-refractivity contribution < 1.29 is 23.1 Å². The molecule has 1 amide bonds. The summed E-state index contributed by atoms with van der Waals surface area (Å²) in [6.07, 6.45) is 0.132. The fourth-order valence-corrected chi connectivity index (χ4v) is 3.52. The number of benzene rings is 3. The summed E-state index contributed by atoms with van der Waals surface area (Å²) in [6.45, 7) is 0. The van der Waals surface area contributed by atoms with Crippen LogP contribution in [-0.2, 0) is 16.0 Å². The Morgan fingerprint density at radius 3 is 2.52 bits per heavy atom. The second kappa shape index (κ2) is 9.48. The standard InChI is InChI=1S/C26H20FNO5/c1-32-26(31)22(13-16-9-11-20(27)12-10-16)28-24(29)19-7-4-6-17(14-19)21-15-18-5-2-3-8-23(18)33-25(21)30/h2-12,14-15,22H,13H2,1H3,(H,28,29)/t22-/m0/s1. The average molecular weight is 445 g/mol. The predicted octanol–water partition coefficient (Wildman–Crippen LogP) is 4.11. The summed E-state index contributed by atoms with van der Waals surface area (Å²) >= 11 is 0. The van der Waals surface area contributed by atoms with Gasteiger partial charge < -0.3 is 14.5 Å². The molecule has 0 unspecified atom stereocenters. The van der Waals surface area contributed by atoms with Crippen LogP contribution < -0.4 is 10.9 Å². The van der Waals surface area contributed by atoms with Gasteiger partial charge in [-0.1, -0.05) is 42.5 Å². The van der Waals surface area contributed by atoms with Gasteiger partial charge in [0.05, 0.1) is 12.7 Å². The maximum Gasteiger partial charge on any atom is 0.344 e. The van der Waals surface area contributed by atoms with Gasteiger partial charge in [-0.05, 0) is 47.5 Å². The first-order chi connectivity index (χ1) is 15.9. The molecule has 1 N–H and O–H groups in total. The van der Waals surface area contributed by atoms with E-state index in [9.17, 15) is 18.8 Å². The Bertz CT molecular complexity index is 1380. The van der Waals surface area contributed by atoms with E-state index >= 15 is 0 Å². The molecule has 0 aliphatic rings. The van der Waals surface area contributed by atoms with Crippen LogP contribution in [0.3, 0.4) is 0 Å². The second-order valence-electron chi connectivity index (χ2n) is 7.45. The summed E-state index contributed by atoms with van der Waals surface area (Å²) in [5.74, 6) is -1.54. The van der Waals surface area contributed by atoms with Crippen molar-refractivity contribution in [1.29, 1.82) is 0 Å². The highest BCUT2D eigenvalue weighted by atomic mass is 19.1. The fourth-order valence-electron chi connectivity index (χ4n) is 3.52. The Morgan fingerprint density at radius 2 is 1.76 bits per heavy atom. The Balaban J connectivity index is 1.60. The normalized spacial score (nSPS) is 11.7. The second-order valence-corrected chi connectivity index (χ2v) is 7.45. The summed E-state index contributed by atoms with van der Waals surface area (Å²) < 4.78 is 23.4. The Kier molecular flexibility index (Phi) is 6.31. The lowest BCUT2D eigenvalue weighted by Crippen LogP contribution is -2.43. The maximum absolute atomic E-state index is 13.2. The van der Waals surface area contributed by atoms with E-state index in [-0.39, 0.29) is 12.0 Å². The van der Waals surface area contributed by atoms with E-state index in [1.54, 1.807) is 42.5 Å². The average Bonchev–Trinajstić information content (AvgIpc) is 2.84. The van der Waals surface area contributed by atoms with Crippen LogP contribution >= 0.6 is 0 Å². The predicted molar refractivity (Wildman–Crippen MR) is 121 cm³/mol. The molecule has 1 atom stereocenters. The number of amides is 1. The molecular weight excluding hydrogens is 425 g/mol. The van der Waals surface area contributed by atoms with Crippen molar-refractivity contribution in [2.45, 2.75) is 12.5 Å². The van der Waals surface area contributed by atoms with Gasteiger partial charge in [0.25, 0.3) is 5.91 Å². The molecule has 0 fully saturated rings. The summed E-state index contributed by atoms with van der Waals surface area (Å²) in [5, 5.41) is 3.42. The number of esters is 1. The number of methoxy groups -OCH3 is 1. The molecule has 1 heterocycles. The first kappa shape index (κ1) is 22.0. The van der Waals surface area contributed by atoms with Crippen LogP contribution in [0, 0.1) is 5.82 Å². The summed E-state index contributed by atoms with van der Waals surface area (Å²) in [6, 6.07) is 20.0. The highest BCUT2D eigenvalue weighted by Gasteiger charge is 2.23. The van der Waals surface area contributed by atoms with E-state index in [2.05, 4.69) is 5.32 Å². The van der Waals surface area contributed by atoms with Gasteiger partial charge in [0.2, 0.25) is 0 Å². The Labute approximate surface area is 188 Å². The van der Waals surface area contributed by atoms with Crippen molar-refractivity contribution in [3.63, 3.8) is 0 Å². The number of fused-ring (bicyclic) bond motifs is 1. The number of carbonyl (C=O) groups is 2. The van der Waals surface area contributed by atoms with Gasteiger partial charge in [-0.15, -0.1) is 0 Å². The molecule has 3 aromatic carbocycles. The number of nitrogens with one attached hydrogen (secondary N) is 1. The molecule has 0 spiro atoms. The third-order valence-corrected chi connectivity index (χ3v) is 5.22. The molecule has 0 saturated carbocycles. The van der Waals surface area contributed by atoms with Crippen molar-refractivity contribution in [1.82, 2.24) is 5.32 Å². The van der Waals surface area contributed by atoms with Crippen molar-refractivity contribution in [3.8, 4) is 11.1 Å². The number of halogens is 1. The molecule has 4 rings (SSSR count). The van der Waals surface area contributed by atoms with Gasteiger partial charge >= 0.3 is 11.6 Å². The van der Waals surface area contributed by atoms with E-state index < -0.39 is 29.4 Å². The quantitative estimate of drug-likeness (QED) is 0.357. The van der Waals surface area contributed by atoms with E-state index in [4.69, 9.17) is 9.15 Å². The molecule has 166 valence electrons. The lowest BCUT2D eigenvalue weighted by atomic mass is 10.0. The molecule has 0 radical (unpaired) electrons. The van der Waals surface area contributed by atoms with Gasteiger partial charge in [-0.25, -0.2) is 14.0 Å². The number of hydrogen-bond donors (Lipinski definition) is 1. The molecule has 1 aromatic heterocycles. The van der Waals surface area contributed by atoms with Gasteiger partial charge in [0, 0.05) is 17.4 Å². The van der Waals surface area contributed by atoms with E-state index in [1.807, 2.05) is 12.1 Å². The Hall–Kier alpha value is -4.26. The minimum absolute atomic E-state index is 0.132. The van der Waals surface area contributed by atoms with Crippen molar-refractivity contribution in [2.75, 3.05) is 7.11 Å². The molecule has 33 heavy (non-hydrogen) atoms. The highest BCUT2D eigenvalue weighted by Crippen LogP contribution is 2.22. The summed E-state index contributed by atoms with van der Waals surface area (Å²) in [7, 11) is 1.23. The topological polar surface area (TPSA) is 85.6 Å². The van der Waals surface area contributed by atoms with Crippen molar-refractivity contribution in [3.05, 3.63) is 106 Å². The zero-order valence-electron chi connectivity index (χ0n) is 17.7. The van der Waals surface area contributed by atoms with Gasteiger partial charge in [-0.2, -0.15) is 0 Å². The smallest absolute Gasteiger partial charge is 0.344 e. The van der Waals surface area contributed by atoms with Crippen LogP contribution in [0.25, 0.3) is 22.1 Å². The molecule has 0 aliphatic heterocycles. The van der Waals surface area contributed by atoms with Crippen LogP contribution in [0.4, 0.5) is 4.39 Å². The molecule has 6 nitrogen and oxygen atoms in total. The zero-order chi connectivity index (χ0) is 23.4. The number of para-hydroxylation sites is 1. The monoisotopic (exact) mass is 445 g/mol. The number of hydrogen-bond acceptors (Lipinski definition) is 5. The Morgan fingerprint density at radius 1 is 1.00 bits per heavy atom. The minimum atomic E-state index is -0.970. The zero-order valence-corrected chi connectivity index (χ0v) is 17.7. The van der Waals surface area contributed by atoms with Gasteiger partial charge in [-0.3, -0.25) is 4.79 Å². The number of ether oxygens (including phenoxy) is 1. The van der Waals surface area contributed by atoms with Crippen LogP contribution in [0.2, 0.25) is 0 Å². The molecule has 4 aromatic rings. The third-order valence-electron chi connectivity index (χ3n) is 5.22. The lowest BCUT2D eigenvalue weighted by molar-refractivity contribution is -0.142. The third kappa shape index (κ3) is 4.98. The first-order valence-corrected chi connectivity index (χ1v) is 10.2. The van der Waals surface area contributed by atoms with Crippen molar-refractivity contribution in [2.24, 2.45) is 0 Å². The van der Waals surface area contributed by atoms with Crippen molar-refractivity contribution >= 4 is 22.8 Å². The SMILES string of the molecule is COC(=O)[C@H](Cc1ccc(F)cc1)NC(=O)c1cccc(-c2cc3ccccc3oc2=O)c1. The van der Waals surface area contributed by atoms with Crippen LogP contribution in [0.5, 0.6) is 0 Å². The van der Waals surface area contributed by atoms with Crippen LogP contribution in [0.1, 0.15) is 15.9 Å². The van der Waals surface area contributed by atoms with E-state index in [0.717, 1.165) is 5.39 Å². The van der Waals surface area contributed by atoms with E-state index in [0.29, 0.717) is 22.3 Å². The minimum Gasteiger partial charge on any atom is -0.467 e. The molecule has 7 heteroatoms. The fraction of sp³-hybridized carbons (Fsp3) is 0.115. The molecule has 0 bridgehead atoms. The molecule has 0 aliphatic carbocycles. The highest BCUT2D eigenvalue weighted by molar-refractivity contribution is 5.98. The van der Waals surface area contributed by atoms with Crippen LogP contribution in [-0.4, -0.2) is 25.0 Å². The molecule has 0 saturated heterocycles. The summed E-state index contributed by atoms with van der Waals surface area (Å²) in [4.78, 5) is 37.7. The van der Waals surface area contributed by atoms with E-state index in [1.165, 1.54) is 31.4 Å². The van der Waals surface area contributed by atoms with Crippen LogP contribution in [0.15, 0.2) is 88.1 Å². The largest absolute Gasteiger partial charge is 0.467 e. The summed E-state index contributed by atoms with van der Waals surface area (Å²) in [5.41, 5.74) is 1.70. The first-order valence-electron chi connectivity index (χ1n) is 10.2. The number of rotatable bonds is 6. The van der Waals surface area contributed by atoms with Gasteiger partial charge in [0.15, 0.2) is 0 Å². The number of carbonyl (C=O) groups excluding carboxylic acids is 2. The molecular formula is C26H20FNO5. The van der Waals surface area contributed by atoms with Gasteiger partial charge in [0.1, 0.15) is 17.4 Å². The maximum atomic E-state index is 13.2. The lowest BCUT2D eigenvalue weighted by Gasteiger charge is -2.17.